The van der Waals surface area contributed by atoms with E-state index in [0.717, 1.165) is 11.0 Å². The molecule has 0 aliphatic heterocycles. The summed E-state index contributed by atoms with van der Waals surface area (Å²) >= 11 is 3.38. The van der Waals surface area contributed by atoms with Crippen molar-refractivity contribution in [3.05, 3.63) is 34.3 Å². The third kappa shape index (κ3) is 5.28. The lowest BCUT2D eigenvalue weighted by atomic mass is 10.2. The van der Waals surface area contributed by atoms with Gasteiger partial charge in [-0.3, -0.25) is 4.79 Å². The summed E-state index contributed by atoms with van der Waals surface area (Å²) in [7, 11) is 0. The maximum absolute atomic E-state index is 11.0. The van der Waals surface area contributed by atoms with Crippen molar-refractivity contribution in [1.29, 1.82) is 0 Å². The summed E-state index contributed by atoms with van der Waals surface area (Å²) in [5, 5.41) is 3.19. The van der Waals surface area contributed by atoms with Gasteiger partial charge in [0.05, 0.1) is 13.0 Å². The van der Waals surface area contributed by atoms with Gasteiger partial charge in [0.25, 0.3) is 0 Å². The Morgan fingerprint density at radius 3 is 2.69 bits per heavy atom. The van der Waals surface area contributed by atoms with Gasteiger partial charge in [0.2, 0.25) is 0 Å². The highest BCUT2D eigenvalue weighted by atomic mass is 79.9. The molecule has 3 nitrogen and oxygen atoms in total. The fourth-order valence-corrected chi connectivity index (χ4v) is 1.52. The van der Waals surface area contributed by atoms with Crippen molar-refractivity contribution in [2.24, 2.45) is 0 Å². The standard InChI is InChI=1S/C12H16BrNO2/c1-2-16-12(15)7-8-14-9-10-3-5-11(13)6-4-10/h3-6,14H,2,7-9H2,1H3. The van der Waals surface area contributed by atoms with Crippen LogP contribution in [0.4, 0.5) is 0 Å². The number of ether oxygens (including phenoxy) is 1. The van der Waals surface area contributed by atoms with Crippen LogP contribution in [0, 0.1) is 0 Å². The highest BCUT2D eigenvalue weighted by Gasteiger charge is 2.00. The van der Waals surface area contributed by atoms with Crippen LogP contribution in [0.2, 0.25) is 0 Å². The Kier molecular flexibility index (Phi) is 6.11. The van der Waals surface area contributed by atoms with Crippen LogP contribution >= 0.6 is 15.9 Å². The topological polar surface area (TPSA) is 38.3 Å². The molecule has 0 amide bonds. The molecule has 0 saturated heterocycles. The van der Waals surface area contributed by atoms with Gasteiger partial charge in [0.15, 0.2) is 0 Å². The van der Waals surface area contributed by atoms with Crippen molar-refractivity contribution in [2.75, 3.05) is 13.2 Å². The Labute approximate surface area is 104 Å². The second-order valence-corrected chi connectivity index (χ2v) is 4.27. The third-order valence-electron chi connectivity index (χ3n) is 2.05. The molecule has 1 rings (SSSR count). The van der Waals surface area contributed by atoms with E-state index in [0.29, 0.717) is 19.6 Å². The third-order valence-corrected chi connectivity index (χ3v) is 2.58. The lowest BCUT2D eigenvalue weighted by molar-refractivity contribution is -0.142. The van der Waals surface area contributed by atoms with Gasteiger partial charge in [0.1, 0.15) is 0 Å². The van der Waals surface area contributed by atoms with Crippen LogP contribution in [0.1, 0.15) is 18.9 Å². The van der Waals surface area contributed by atoms with Gasteiger partial charge >= 0.3 is 5.97 Å². The average Bonchev–Trinajstić information content (AvgIpc) is 2.27. The SMILES string of the molecule is CCOC(=O)CCNCc1ccc(Br)cc1. The Hall–Kier alpha value is -0.870. The fraction of sp³-hybridized carbons (Fsp3) is 0.417. The molecule has 0 radical (unpaired) electrons. The van der Waals surface area contributed by atoms with Crippen LogP contribution < -0.4 is 5.32 Å². The Balaban J connectivity index is 2.16. The molecule has 0 aromatic heterocycles. The van der Waals surface area contributed by atoms with E-state index in [1.165, 1.54) is 5.56 Å². The number of carbonyl (C=O) groups excluding carboxylic acids is 1. The molecule has 0 saturated carbocycles. The molecular weight excluding hydrogens is 270 g/mol. The van der Waals surface area contributed by atoms with Crippen molar-refractivity contribution in [2.45, 2.75) is 19.9 Å². The summed E-state index contributed by atoms with van der Waals surface area (Å²) in [6.45, 7) is 3.68. The first kappa shape index (κ1) is 13.2. The number of carbonyl (C=O) groups is 1. The first-order valence-corrected chi connectivity index (χ1v) is 6.12. The molecule has 0 aliphatic carbocycles. The normalized spacial score (nSPS) is 10.1. The molecule has 1 N–H and O–H groups in total. The molecule has 0 spiro atoms. The van der Waals surface area contributed by atoms with E-state index in [-0.39, 0.29) is 5.97 Å². The van der Waals surface area contributed by atoms with E-state index < -0.39 is 0 Å². The minimum Gasteiger partial charge on any atom is -0.466 e. The van der Waals surface area contributed by atoms with Crippen LogP contribution in [0.3, 0.4) is 0 Å². The maximum Gasteiger partial charge on any atom is 0.307 e. The zero-order valence-electron chi connectivity index (χ0n) is 9.33. The molecule has 88 valence electrons. The van der Waals surface area contributed by atoms with E-state index in [9.17, 15) is 4.79 Å². The maximum atomic E-state index is 11.0. The Morgan fingerprint density at radius 1 is 1.38 bits per heavy atom. The minimum absolute atomic E-state index is 0.147. The molecule has 1 aromatic carbocycles. The fourth-order valence-electron chi connectivity index (χ4n) is 1.26. The summed E-state index contributed by atoms with van der Waals surface area (Å²) in [5.74, 6) is -0.147. The summed E-state index contributed by atoms with van der Waals surface area (Å²) in [4.78, 5) is 11.0. The Bertz CT molecular complexity index is 324. The van der Waals surface area contributed by atoms with Gasteiger partial charge in [-0.1, -0.05) is 28.1 Å². The van der Waals surface area contributed by atoms with Gasteiger partial charge in [-0.05, 0) is 24.6 Å². The molecule has 0 fully saturated rings. The van der Waals surface area contributed by atoms with Gasteiger partial charge in [-0.15, -0.1) is 0 Å². The van der Waals surface area contributed by atoms with Gasteiger partial charge in [0, 0.05) is 17.6 Å². The number of nitrogens with one attached hydrogen (secondary N) is 1. The van der Waals surface area contributed by atoms with E-state index >= 15 is 0 Å². The number of hydrogen-bond acceptors (Lipinski definition) is 3. The lowest BCUT2D eigenvalue weighted by Crippen LogP contribution is -2.18. The average molecular weight is 286 g/mol. The number of esters is 1. The van der Waals surface area contributed by atoms with Crippen LogP contribution in [-0.4, -0.2) is 19.1 Å². The molecule has 0 bridgehead atoms. The van der Waals surface area contributed by atoms with Crippen molar-refractivity contribution in [1.82, 2.24) is 5.32 Å². The molecule has 16 heavy (non-hydrogen) atoms. The molecule has 4 heteroatoms. The second-order valence-electron chi connectivity index (χ2n) is 3.36. The molecule has 1 aromatic rings. The molecule has 0 heterocycles. The summed E-state index contributed by atoms with van der Waals surface area (Å²) in [6.07, 6.45) is 0.421. The monoisotopic (exact) mass is 285 g/mol. The van der Waals surface area contributed by atoms with E-state index in [1.54, 1.807) is 0 Å². The predicted octanol–water partition coefficient (Wildman–Crippen LogP) is 2.49. The lowest BCUT2D eigenvalue weighted by Gasteiger charge is -2.05. The number of benzene rings is 1. The van der Waals surface area contributed by atoms with Crippen LogP contribution in [-0.2, 0) is 16.1 Å². The molecular formula is C12H16BrNO2. The van der Waals surface area contributed by atoms with E-state index in [2.05, 4.69) is 21.2 Å². The quantitative estimate of drug-likeness (QED) is 0.645. The number of hydrogen-bond donors (Lipinski definition) is 1. The Morgan fingerprint density at radius 2 is 2.06 bits per heavy atom. The van der Waals surface area contributed by atoms with Crippen molar-refractivity contribution >= 4 is 21.9 Å². The van der Waals surface area contributed by atoms with Crippen LogP contribution in [0.5, 0.6) is 0 Å². The van der Waals surface area contributed by atoms with E-state index in [4.69, 9.17) is 4.74 Å². The van der Waals surface area contributed by atoms with Crippen molar-refractivity contribution in [3.8, 4) is 0 Å². The smallest absolute Gasteiger partial charge is 0.307 e. The summed E-state index contributed by atoms with van der Waals surface area (Å²) in [6, 6.07) is 8.09. The van der Waals surface area contributed by atoms with Crippen LogP contribution in [0.25, 0.3) is 0 Å². The van der Waals surface area contributed by atoms with Crippen molar-refractivity contribution in [3.63, 3.8) is 0 Å². The van der Waals surface area contributed by atoms with Gasteiger partial charge in [-0.2, -0.15) is 0 Å². The zero-order chi connectivity index (χ0) is 11.8. The predicted molar refractivity (Wildman–Crippen MR) is 67.1 cm³/mol. The van der Waals surface area contributed by atoms with Gasteiger partial charge in [-0.25, -0.2) is 0 Å². The summed E-state index contributed by atoms with van der Waals surface area (Å²) in [5.41, 5.74) is 1.20. The first-order chi connectivity index (χ1) is 7.72. The highest BCUT2D eigenvalue weighted by molar-refractivity contribution is 9.10. The zero-order valence-corrected chi connectivity index (χ0v) is 10.9. The van der Waals surface area contributed by atoms with Gasteiger partial charge < -0.3 is 10.1 Å². The number of halogens is 1. The van der Waals surface area contributed by atoms with E-state index in [1.807, 2.05) is 31.2 Å². The molecule has 0 unspecified atom stereocenters. The number of rotatable bonds is 6. The first-order valence-electron chi connectivity index (χ1n) is 5.33. The largest absolute Gasteiger partial charge is 0.466 e. The summed E-state index contributed by atoms with van der Waals surface area (Å²) < 4.78 is 5.90. The molecule has 0 atom stereocenters. The second kappa shape index (κ2) is 7.41. The van der Waals surface area contributed by atoms with Crippen LogP contribution in [0.15, 0.2) is 28.7 Å². The molecule has 0 aliphatic rings. The van der Waals surface area contributed by atoms with Crippen molar-refractivity contribution < 1.29 is 9.53 Å². The minimum atomic E-state index is -0.147. The highest BCUT2D eigenvalue weighted by Crippen LogP contribution is 2.10.